The molecule has 43 heavy (non-hydrogen) atoms. The minimum absolute atomic E-state index is 0.0309. The Bertz CT molecular complexity index is 1960. The molecule has 0 unspecified atom stereocenters. The number of fused-ring (bicyclic) bond motifs is 2. The molecule has 0 amide bonds. The van der Waals surface area contributed by atoms with Crippen LogP contribution in [0, 0.1) is 11.6 Å². The van der Waals surface area contributed by atoms with Crippen LogP contribution in [0.2, 0.25) is 5.02 Å². The maximum absolute atomic E-state index is 14.7. The van der Waals surface area contributed by atoms with Gasteiger partial charge in [-0.2, -0.15) is 0 Å². The van der Waals surface area contributed by atoms with Crippen LogP contribution in [0.25, 0.3) is 16.6 Å². The number of aromatic nitrogens is 4. The van der Waals surface area contributed by atoms with Crippen molar-refractivity contribution in [1.82, 2.24) is 19.3 Å². The van der Waals surface area contributed by atoms with Gasteiger partial charge in [0.15, 0.2) is 17.3 Å². The summed E-state index contributed by atoms with van der Waals surface area (Å²) in [6.07, 6.45) is 3.20. The van der Waals surface area contributed by atoms with Crippen LogP contribution in [-0.2, 0) is 19.4 Å². The van der Waals surface area contributed by atoms with E-state index < -0.39 is 23.0 Å². The molecule has 2 aromatic heterocycles. The molecule has 12 heteroatoms. The molecule has 1 aliphatic rings. The molecule has 3 heterocycles. The number of hydrogen-bond acceptors (Lipinski definition) is 7. The lowest BCUT2D eigenvalue weighted by Crippen LogP contribution is -2.25. The van der Waals surface area contributed by atoms with Crippen molar-refractivity contribution in [2.75, 3.05) is 14.2 Å². The highest BCUT2D eigenvalue weighted by molar-refractivity contribution is 6.32. The first kappa shape index (κ1) is 28.4. The molecule has 0 saturated heterocycles. The number of Topliss-reactive ketones (excluding diaryl/α,β-unsaturated/α-hetero) is 1. The lowest BCUT2D eigenvalue weighted by molar-refractivity contribution is 0.0990. The van der Waals surface area contributed by atoms with Gasteiger partial charge in [0, 0.05) is 25.1 Å². The van der Waals surface area contributed by atoms with Gasteiger partial charge in [-0.1, -0.05) is 17.7 Å². The fraction of sp³-hybridized carbons (Fsp3) is 0.226. The average molecular weight is 607 g/mol. The molecule has 0 N–H and O–H groups in total. The maximum atomic E-state index is 14.7. The normalized spacial score (nSPS) is 12.7. The molecular weight excluding hydrogens is 582 g/mol. The molecule has 0 bridgehead atoms. The molecule has 220 valence electrons. The predicted molar refractivity (Wildman–Crippen MR) is 155 cm³/mol. The quantitative estimate of drug-likeness (QED) is 0.197. The molecule has 3 aromatic carbocycles. The van der Waals surface area contributed by atoms with E-state index in [0.29, 0.717) is 46.6 Å². The number of hydrogen-bond donors (Lipinski definition) is 0. The molecule has 6 rings (SSSR count). The van der Waals surface area contributed by atoms with Crippen LogP contribution in [0.5, 0.6) is 23.1 Å². The highest BCUT2D eigenvalue weighted by Gasteiger charge is 2.29. The van der Waals surface area contributed by atoms with E-state index in [1.807, 2.05) is 0 Å². The lowest BCUT2D eigenvalue weighted by atomic mass is 9.99. The minimum Gasteiger partial charge on any atom is -0.493 e. The first-order chi connectivity index (χ1) is 20.8. The fourth-order valence-electron chi connectivity index (χ4n) is 5.36. The summed E-state index contributed by atoms with van der Waals surface area (Å²) >= 11 is 6.56. The van der Waals surface area contributed by atoms with Crippen molar-refractivity contribution in [2.45, 2.75) is 32.2 Å². The Kier molecular flexibility index (Phi) is 7.57. The fourth-order valence-corrected chi connectivity index (χ4v) is 5.60. The van der Waals surface area contributed by atoms with Crippen molar-refractivity contribution >= 4 is 28.3 Å². The summed E-state index contributed by atoms with van der Waals surface area (Å²) in [6.45, 7) is 0.405. The second kappa shape index (κ2) is 11.5. The number of rotatable bonds is 8. The number of nitrogens with zero attached hydrogens (tertiary/aromatic N) is 4. The monoisotopic (exact) mass is 606 g/mol. The molecule has 9 nitrogen and oxygen atoms in total. The Morgan fingerprint density at radius 1 is 0.977 bits per heavy atom. The molecule has 0 aliphatic carbocycles. The van der Waals surface area contributed by atoms with E-state index in [-0.39, 0.29) is 34.3 Å². The van der Waals surface area contributed by atoms with E-state index in [9.17, 15) is 18.4 Å². The van der Waals surface area contributed by atoms with Crippen molar-refractivity contribution in [3.05, 3.63) is 98.7 Å². The van der Waals surface area contributed by atoms with Gasteiger partial charge in [-0.15, -0.1) is 0 Å². The lowest BCUT2D eigenvalue weighted by Gasteiger charge is -2.19. The summed E-state index contributed by atoms with van der Waals surface area (Å²) in [5.74, 6) is -0.386. The highest BCUT2D eigenvalue weighted by Crippen LogP contribution is 2.37. The zero-order chi connectivity index (χ0) is 30.2. The van der Waals surface area contributed by atoms with Gasteiger partial charge in [-0.05, 0) is 55.2 Å². The standard InChI is InChI=1S/C31H25ClF2N4O5/c1-41-27-14-19-22(15-28(27)42-2)35-16-36-30(19)43-26-9-6-17(11-20(26)32)12-25(39)29-23-5-3-4-10-37(23)38(31(29)40)24-13-18(33)7-8-21(24)34/h6-9,11,13-16H,3-5,10,12H2,1-2H3. The van der Waals surface area contributed by atoms with Crippen molar-refractivity contribution < 1.29 is 27.8 Å². The van der Waals surface area contributed by atoms with Gasteiger partial charge in [0.05, 0.1) is 35.8 Å². The zero-order valence-corrected chi connectivity index (χ0v) is 24.0. The number of carbonyl (C=O) groups excluding carboxylic acids is 1. The maximum Gasteiger partial charge on any atom is 0.282 e. The number of benzene rings is 3. The van der Waals surface area contributed by atoms with Gasteiger partial charge in [0.1, 0.15) is 35.0 Å². The van der Waals surface area contributed by atoms with Crippen molar-refractivity contribution in [1.29, 1.82) is 0 Å². The van der Waals surface area contributed by atoms with Gasteiger partial charge in [-0.3, -0.25) is 14.3 Å². The smallest absolute Gasteiger partial charge is 0.282 e. The third kappa shape index (κ3) is 5.20. The van der Waals surface area contributed by atoms with Crippen LogP contribution in [0.15, 0.2) is 59.7 Å². The summed E-state index contributed by atoms with van der Waals surface area (Å²) < 4.78 is 48.1. The Balaban J connectivity index is 1.30. The second-order valence-corrected chi connectivity index (χ2v) is 10.4. The summed E-state index contributed by atoms with van der Waals surface area (Å²) in [4.78, 5) is 35.6. The molecule has 5 aromatic rings. The molecule has 0 spiro atoms. The molecule has 0 fully saturated rings. The molecule has 1 aliphatic heterocycles. The molecule has 0 radical (unpaired) electrons. The SMILES string of the molecule is COc1cc2ncnc(Oc3ccc(CC(=O)c4c5n(n(-c6cc(F)ccc6F)c4=O)CCCC5)cc3Cl)c2cc1OC. The zero-order valence-electron chi connectivity index (χ0n) is 23.2. The van der Waals surface area contributed by atoms with Crippen LogP contribution in [0.3, 0.4) is 0 Å². The van der Waals surface area contributed by atoms with Crippen LogP contribution in [-0.4, -0.2) is 39.3 Å². The van der Waals surface area contributed by atoms with Gasteiger partial charge < -0.3 is 14.2 Å². The largest absolute Gasteiger partial charge is 0.493 e. The Morgan fingerprint density at radius 3 is 2.53 bits per heavy atom. The van der Waals surface area contributed by atoms with E-state index in [1.54, 1.807) is 35.0 Å². The van der Waals surface area contributed by atoms with Crippen LogP contribution in [0.4, 0.5) is 8.78 Å². The second-order valence-electron chi connectivity index (χ2n) is 9.98. The predicted octanol–water partition coefficient (Wildman–Crippen LogP) is 6.09. The van der Waals surface area contributed by atoms with Gasteiger partial charge in [0.25, 0.3) is 5.56 Å². The van der Waals surface area contributed by atoms with Crippen LogP contribution >= 0.6 is 11.6 Å². The Labute approximate surface area is 249 Å². The molecule has 0 atom stereocenters. The molecule has 0 saturated carbocycles. The van der Waals surface area contributed by atoms with E-state index in [2.05, 4.69) is 9.97 Å². The summed E-state index contributed by atoms with van der Waals surface area (Å²) in [7, 11) is 3.05. The first-order valence-electron chi connectivity index (χ1n) is 13.5. The van der Waals surface area contributed by atoms with E-state index in [1.165, 1.54) is 20.5 Å². The van der Waals surface area contributed by atoms with Crippen LogP contribution < -0.4 is 19.8 Å². The summed E-state index contributed by atoms with van der Waals surface area (Å²) in [6, 6.07) is 11.2. The molecular formula is C31H25ClF2N4O5. The topological polar surface area (TPSA) is 97.5 Å². The van der Waals surface area contributed by atoms with E-state index in [0.717, 1.165) is 35.7 Å². The number of halogens is 3. The number of ketones is 1. The third-order valence-electron chi connectivity index (χ3n) is 7.37. The Morgan fingerprint density at radius 2 is 1.77 bits per heavy atom. The number of ether oxygens (including phenoxy) is 3. The van der Waals surface area contributed by atoms with Gasteiger partial charge in [-0.25, -0.2) is 23.4 Å². The Hall–Kier alpha value is -4.77. The van der Waals surface area contributed by atoms with Gasteiger partial charge in [0.2, 0.25) is 5.88 Å². The average Bonchev–Trinajstić information content (AvgIpc) is 3.30. The van der Waals surface area contributed by atoms with Crippen molar-refractivity contribution in [3.8, 4) is 28.8 Å². The van der Waals surface area contributed by atoms with Crippen molar-refractivity contribution in [3.63, 3.8) is 0 Å². The third-order valence-corrected chi connectivity index (χ3v) is 7.66. The van der Waals surface area contributed by atoms with E-state index in [4.69, 9.17) is 25.8 Å². The van der Waals surface area contributed by atoms with Gasteiger partial charge >= 0.3 is 0 Å². The number of methoxy groups -OCH3 is 2. The first-order valence-corrected chi connectivity index (χ1v) is 13.8. The summed E-state index contributed by atoms with van der Waals surface area (Å²) in [5, 5.41) is 0.788. The van der Waals surface area contributed by atoms with Crippen molar-refractivity contribution in [2.24, 2.45) is 0 Å². The van der Waals surface area contributed by atoms with Crippen LogP contribution in [0.1, 0.15) is 34.5 Å². The summed E-state index contributed by atoms with van der Waals surface area (Å²) in [5.41, 5.74) is 0.682. The minimum atomic E-state index is -0.759. The number of carbonyl (C=O) groups is 1. The van der Waals surface area contributed by atoms with E-state index >= 15 is 0 Å². The highest BCUT2D eigenvalue weighted by atomic mass is 35.5.